The second-order valence-electron chi connectivity index (χ2n) is 7.28. The van der Waals surface area contributed by atoms with Crippen LogP contribution in [0, 0.1) is 6.92 Å². The van der Waals surface area contributed by atoms with Crippen molar-refractivity contribution >= 4 is 26.9 Å². The van der Waals surface area contributed by atoms with Crippen LogP contribution in [0.5, 0.6) is 5.75 Å². The fourth-order valence-electron chi connectivity index (χ4n) is 3.80. The van der Waals surface area contributed by atoms with E-state index in [1.807, 2.05) is 43.3 Å². The topological polar surface area (TPSA) is 42.7 Å². The second-order valence-corrected chi connectivity index (χ2v) is 8.19. The van der Waals surface area contributed by atoms with Gasteiger partial charge in [0.2, 0.25) is 5.43 Å². The average Bonchev–Trinajstić information content (AvgIpc) is 2.70. The zero-order valence-corrected chi connectivity index (χ0v) is 17.6. The van der Waals surface area contributed by atoms with Crippen LogP contribution in [0.3, 0.4) is 0 Å². The Morgan fingerprint density at radius 3 is 2.57 bits per heavy atom. The number of nitrogens with zero attached hydrogens (tertiary/aromatic N) is 1. The molecule has 0 unspecified atom stereocenters. The van der Waals surface area contributed by atoms with Crippen LogP contribution in [0.2, 0.25) is 0 Å². The number of hydrogen-bond acceptors (Lipinski definition) is 4. The monoisotopic (exact) mass is 441 g/mol. The summed E-state index contributed by atoms with van der Waals surface area (Å²) in [5, 5.41) is 0.576. The molecule has 5 heteroatoms. The third-order valence-corrected chi connectivity index (χ3v) is 5.83. The molecular formula is C23H24BrNO3. The Morgan fingerprint density at radius 2 is 1.82 bits per heavy atom. The summed E-state index contributed by atoms with van der Waals surface area (Å²) in [6.07, 6.45) is 3.89. The number of benzene rings is 2. The Hall–Kier alpha value is -2.11. The van der Waals surface area contributed by atoms with Gasteiger partial charge >= 0.3 is 0 Å². The van der Waals surface area contributed by atoms with Crippen LogP contribution >= 0.6 is 15.9 Å². The Morgan fingerprint density at radius 1 is 1.07 bits per heavy atom. The summed E-state index contributed by atoms with van der Waals surface area (Å²) in [7, 11) is 0. The van der Waals surface area contributed by atoms with Gasteiger partial charge < -0.3 is 9.15 Å². The van der Waals surface area contributed by atoms with Gasteiger partial charge in [-0.15, -0.1) is 0 Å². The first-order chi connectivity index (χ1) is 13.6. The van der Waals surface area contributed by atoms with Crippen molar-refractivity contribution in [3.05, 3.63) is 62.9 Å². The Labute approximate surface area is 173 Å². The highest BCUT2D eigenvalue weighted by Crippen LogP contribution is 2.27. The van der Waals surface area contributed by atoms with Gasteiger partial charge in [0.05, 0.1) is 10.9 Å². The predicted octanol–water partition coefficient (Wildman–Crippen LogP) is 5.40. The third-order valence-electron chi connectivity index (χ3n) is 5.30. The second kappa shape index (κ2) is 8.50. The molecule has 2 aromatic carbocycles. The molecule has 0 amide bonds. The smallest absolute Gasteiger partial charge is 0.200 e. The number of ether oxygens (including phenoxy) is 1. The number of halogens is 1. The normalized spacial score (nSPS) is 15.1. The van der Waals surface area contributed by atoms with Crippen molar-refractivity contribution in [1.82, 2.24) is 4.90 Å². The van der Waals surface area contributed by atoms with E-state index in [0.717, 1.165) is 35.4 Å². The maximum absolute atomic E-state index is 13.0. The highest BCUT2D eigenvalue weighted by Gasteiger charge is 2.14. The van der Waals surface area contributed by atoms with Crippen LogP contribution in [0.25, 0.3) is 22.1 Å². The summed E-state index contributed by atoms with van der Waals surface area (Å²) in [4.78, 5) is 15.5. The van der Waals surface area contributed by atoms with Gasteiger partial charge in [0.15, 0.2) is 0 Å². The summed E-state index contributed by atoms with van der Waals surface area (Å²) < 4.78 is 12.9. The van der Waals surface area contributed by atoms with Gasteiger partial charge in [0.25, 0.3) is 0 Å². The minimum absolute atomic E-state index is 0.0130. The van der Waals surface area contributed by atoms with E-state index in [-0.39, 0.29) is 5.43 Å². The van der Waals surface area contributed by atoms with Crippen molar-refractivity contribution in [1.29, 1.82) is 0 Å². The number of rotatable bonds is 5. The Kier molecular flexibility index (Phi) is 5.83. The molecule has 28 heavy (non-hydrogen) atoms. The fraction of sp³-hybridized carbons (Fsp3) is 0.348. The summed E-state index contributed by atoms with van der Waals surface area (Å²) in [5.74, 6) is 1.36. The van der Waals surface area contributed by atoms with Gasteiger partial charge in [-0.25, -0.2) is 0 Å². The van der Waals surface area contributed by atoms with Crippen LogP contribution in [0.4, 0.5) is 0 Å². The lowest BCUT2D eigenvalue weighted by molar-refractivity contribution is 0.183. The van der Waals surface area contributed by atoms with E-state index in [2.05, 4.69) is 20.8 Å². The van der Waals surface area contributed by atoms with E-state index in [4.69, 9.17) is 9.15 Å². The lowest BCUT2D eigenvalue weighted by Crippen LogP contribution is -2.33. The molecule has 3 aromatic rings. The first-order valence-electron chi connectivity index (χ1n) is 9.80. The first-order valence-corrected chi connectivity index (χ1v) is 10.6. The quantitative estimate of drug-likeness (QED) is 0.531. The molecule has 0 N–H and O–H groups in total. The van der Waals surface area contributed by atoms with Crippen LogP contribution in [-0.4, -0.2) is 31.1 Å². The van der Waals surface area contributed by atoms with Gasteiger partial charge in [0.1, 0.15) is 23.7 Å². The van der Waals surface area contributed by atoms with Crippen LogP contribution in [-0.2, 0) is 0 Å². The molecule has 0 spiro atoms. The standard InChI is InChI=1S/C23H24BrNO3/c1-16-22(17-5-7-18(24)8-6-17)23(26)20-10-9-19(15-21(20)28-16)27-14-13-25-11-3-2-4-12-25/h5-10,15H,2-4,11-14H2,1H3. The van der Waals surface area contributed by atoms with Crippen LogP contribution < -0.4 is 10.2 Å². The number of piperidine rings is 1. The maximum atomic E-state index is 13.0. The lowest BCUT2D eigenvalue weighted by atomic mass is 10.0. The van der Waals surface area contributed by atoms with Gasteiger partial charge in [-0.2, -0.15) is 0 Å². The van der Waals surface area contributed by atoms with Crippen LogP contribution in [0.1, 0.15) is 25.0 Å². The van der Waals surface area contributed by atoms with Gasteiger partial charge in [-0.05, 0) is 62.7 Å². The summed E-state index contributed by atoms with van der Waals surface area (Å²) in [6.45, 7) is 5.74. The number of fused-ring (bicyclic) bond motifs is 1. The molecule has 4 rings (SSSR count). The van der Waals surface area contributed by atoms with Crippen molar-refractivity contribution < 1.29 is 9.15 Å². The Bertz CT molecular complexity index is 1020. The predicted molar refractivity (Wildman–Crippen MR) is 116 cm³/mol. The highest BCUT2D eigenvalue weighted by molar-refractivity contribution is 9.10. The molecule has 1 aliphatic rings. The largest absolute Gasteiger partial charge is 0.492 e. The van der Waals surface area contributed by atoms with E-state index in [1.165, 1.54) is 19.3 Å². The number of likely N-dealkylation sites (tertiary alicyclic amines) is 1. The maximum Gasteiger partial charge on any atom is 0.200 e. The third kappa shape index (κ3) is 4.15. The number of hydrogen-bond donors (Lipinski definition) is 0. The molecule has 146 valence electrons. The molecule has 0 bridgehead atoms. The molecule has 1 saturated heterocycles. The molecule has 0 atom stereocenters. The van der Waals surface area contributed by atoms with Gasteiger partial charge in [-0.3, -0.25) is 9.69 Å². The SMILES string of the molecule is Cc1oc2cc(OCCN3CCCCC3)ccc2c(=O)c1-c1ccc(Br)cc1. The summed E-state index contributed by atoms with van der Waals surface area (Å²) in [6, 6.07) is 13.2. The van der Waals surface area contributed by atoms with Crippen molar-refractivity contribution in [3.63, 3.8) is 0 Å². The van der Waals surface area contributed by atoms with Gasteiger partial charge in [-0.1, -0.05) is 34.5 Å². The zero-order chi connectivity index (χ0) is 19.5. The molecule has 0 aliphatic carbocycles. The van der Waals surface area contributed by atoms with E-state index in [0.29, 0.717) is 28.9 Å². The van der Waals surface area contributed by atoms with E-state index >= 15 is 0 Å². The van der Waals surface area contributed by atoms with E-state index in [9.17, 15) is 4.79 Å². The molecule has 0 saturated carbocycles. The minimum Gasteiger partial charge on any atom is -0.492 e. The van der Waals surface area contributed by atoms with Gasteiger partial charge in [0, 0.05) is 17.1 Å². The molecule has 2 heterocycles. The summed E-state index contributed by atoms with van der Waals surface area (Å²) >= 11 is 3.43. The fourth-order valence-corrected chi connectivity index (χ4v) is 4.07. The summed E-state index contributed by atoms with van der Waals surface area (Å²) in [5.41, 5.74) is 2.02. The van der Waals surface area contributed by atoms with Crippen LogP contribution in [0.15, 0.2) is 56.1 Å². The van der Waals surface area contributed by atoms with Crippen molar-refractivity contribution in [2.75, 3.05) is 26.2 Å². The molecule has 1 aliphatic heterocycles. The molecule has 0 radical (unpaired) electrons. The molecule has 4 nitrogen and oxygen atoms in total. The van der Waals surface area contributed by atoms with Crippen molar-refractivity contribution in [2.24, 2.45) is 0 Å². The molecule has 1 aromatic heterocycles. The molecule has 1 fully saturated rings. The minimum atomic E-state index is -0.0130. The zero-order valence-electron chi connectivity index (χ0n) is 16.0. The van der Waals surface area contributed by atoms with E-state index < -0.39 is 0 Å². The first kappa shape index (κ1) is 19.2. The highest BCUT2D eigenvalue weighted by atomic mass is 79.9. The van der Waals surface area contributed by atoms with Crippen molar-refractivity contribution in [3.8, 4) is 16.9 Å². The Balaban J connectivity index is 1.56. The number of aryl methyl sites for hydroxylation is 1. The molecular weight excluding hydrogens is 418 g/mol. The lowest BCUT2D eigenvalue weighted by Gasteiger charge is -2.26. The van der Waals surface area contributed by atoms with Crippen molar-refractivity contribution in [2.45, 2.75) is 26.2 Å². The average molecular weight is 442 g/mol. The van der Waals surface area contributed by atoms with E-state index in [1.54, 1.807) is 6.07 Å².